The van der Waals surface area contributed by atoms with Crippen molar-refractivity contribution in [2.75, 3.05) is 0 Å². The number of rotatable bonds is 1. The maximum atomic E-state index is 4.81. The first kappa shape index (κ1) is 5.14. The van der Waals surface area contributed by atoms with Crippen LogP contribution in [0.2, 0.25) is 0 Å². The van der Waals surface area contributed by atoms with E-state index in [9.17, 15) is 0 Å². The molecule has 0 aliphatic rings. The lowest BCUT2D eigenvalue weighted by atomic mass is 11.3. The summed E-state index contributed by atoms with van der Waals surface area (Å²) in [6.07, 6.45) is 11.5. The van der Waals surface area contributed by atoms with Crippen LogP contribution in [0.3, 0.4) is 0 Å². The van der Waals surface area contributed by atoms with Crippen LogP contribution in [-0.2, 0) is 4.43 Å². The Balaban J connectivity index is 2.78. The molecule has 0 heterocycles. The number of hydrogen-bond acceptors (Lipinski definition) is 1. The van der Waals surface area contributed by atoms with Crippen LogP contribution >= 0.6 is 0 Å². The summed E-state index contributed by atoms with van der Waals surface area (Å²) in [4.78, 5) is 0. The zero-order valence-corrected chi connectivity index (χ0v) is 4.68. The minimum atomic E-state index is -0.787. The summed E-state index contributed by atoms with van der Waals surface area (Å²) in [5, 5.41) is 0. The van der Waals surface area contributed by atoms with E-state index in [2.05, 4.69) is 16.4 Å². The average molecular weight is 96.2 g/mol. The summed E-state index contributed by atoms with van der Waals surface area (Å²) < 4.78 is 4.41. The maximum absolute atomic E-state index is 4.81. The summed E-state index contributed by atoms with van der Waals surface area (Å²) in [5.41, 5.74) is 2.34. The van der Waals surface area contributed by atoms with Crippen LogP contribution in [0.1, 0.15) is 0 Å². The third-order valence-corrected chi connectivity index (χ3v) is 0.717. The molecule has 0 aromatic heterocycles. The van der Waals surface area contributed by atoms with Crippen molar-refractivity contribution in [2.24, 2.45) is 0 Å². The van der Waals surface area contributed by atoms with Gasteiger partial charge in [0.25, 0.3) is 0 Å². The van der Waals surface area contributed by atoms with Crippen molar-refractivity contribution >= 4 is 9.76 Å². The summed E-state index contributed by atoms with van der Waals surface area (Å²) in [6.45, 7) is 0. The molecule has 0 unspecified atom stereocenters. The minimum absolute atomic E-state index is 0.787. The molecule has 0 saturated heterocycles. The van der Waals surface area contributed by atoms with Crippen molar-refractivity contribution in [3.05, 3.63) is 0 Å². The molecule has 0 amide bonds. The molecule has 2 heteroatoms. The molecule has 0 aliphatic carbocycles. The Morgan fingerprint density at radius 2 is 2.17 bits per heavy atom. The van der Waals surface area contributed by atoms with Gasteiger partial charge < -0.3 is 4.43 Å². The predicted octanol–water partition coefficient (Wildman–Crippen LogP) is -0.732. The predicted molar refractivity (Wildman–Crippen MR) is 27.3 cm³/mol. The minimum Gasteiger partial charge on any atom is -0.493 e. The van der Waals surface area contributed by atoms with Gasteiger partial charge in [0.05, 0.1) is 6.11 Å². The Bertz CT molecular complexity index is 81.1. The van der Waals surface area contributed by atoms with E-state index in [4.69, 9.17) is 6.42 Å². The van der Waals surface area contributed by atoms with Crippen LogP contribution in [0.25, 0.3) is 0 Å². The molecule has 0 radical (unpaired) electrons. The van der Waals surface area contributed by atoms with E-state index in [1.54, 1.807) is 0 Å². The molecule has 0 spiro atoms. The zero-order chi connectivity index (χ0) is 4.83. The van der Waals surface area contributed by atoms with E-state index in [-0.39, 0.29) is 0 Å². The number of terminal acetylenes is 2. The Hall–Kier alpha value is -0.863. The normalized spacial score (nSPS) is 7.00. The van der Waals surface area contributed by atoms with Crippen molar-refractivity contribution < 1.29 is 4.43 Å². The Morgan fingerprint density at radius 3 is 2.33 bits per heavy atom. The molecule has 0 aliphatic heterocycles. The second-order valence-corrected chi connectivity index (χ2v) is 1.60. The molecular weight excluding hydrogens is 92.1 g/mol. The SMILES string of the molecule is C#CO[SiH2]C#C. The topological polar surface area (TPSA) is 9.23 Å². The third kappa shape index (κ3) is 3.14. The van der Waals surface area contributed by atoms with Crippen molar-refractivity contribution in [3.63, 3.8) is 0 Å². The van der Waals surface area contributed by atoms with Gasteiger partial charge >= 0.3 is 9.76 Å². The lowest BCUT2D eigenvalue weighted by Gasteiger charge is -1.79. The lowest BCUT2D eigenvalue weighted by molar-refractivity contribution is 0.569. The highest BCUT2D eigenvalue weighted by Gasteiger charge is 1.66. The summed E-state index contributed by atoms with van der Waals surface area (Å²) in [7, 11) is -0.787. The third-order valence-electron chi connectivity index (χ3n) is 0.239. The number of hydrogen-bond donors (Lipinski definition) is 0. The van der Waals surface area contributed by atoms with Crippen molar-refractivity contribution in [1.29, 1.82) is 0 Å². The van der Waals surface area contributed by atoms with Gasteiger partial charge in [0.2, 0.25) is 0 Å². The lowest BCUT2D eigenvalue weighted by Crippen LogP contribution is -1.84. The molecule has 0 fully saturated rings. The summed E-state index contributed by atoms with van der Waals surface area (Å²) >= 11 is 0. The van der Waals surface area contributed by atoms with E-state index in [0.717, 1.165) is 0 Å². The standard InChI is InChI=1S/C4H4OSi/c1-3-5-6-4-2/h1-2H,6H2. The summed E-state index contributed by atoms with van der Waals surface area (Å²) in [5.74, 6) is 0. The molecule has 6 heavy (non-hydrogen) atoms. The molecule has 0 atom stereocenters. The second kappa shape index (κ2) is 4.14. The largest absolute Gasteiger partial charge is 0.493 e. The van der Waals surface area contributed by atoms with Crippen LogP contribution in [0.4, 0.5) is 0 Å². The van der Waals surface area contributed by atoms with Crippen LogP contribution in [-0.4, -0.2) is 9.76 Å². The van der Waals surface area contributed by atoms with E-state index >= 15 is 0 Å². The van der Waals surface area contributed by atoms with Gasteiger partial charge in [-0.3, -0.25) is 0 Å². The van der Waals surface area contributed by atoms with Gasteiger partial charge in [0, 0.05) is 0 Å². The first-order valence-corrected chi connectivity index (χ1v) is 2.71. The molecule has 1 nitrogen and oxygen atoms in total. The van der Waals surface area contributed by atoms with Gasteiger partial charge in [-0.2, -0.15) is 0 Å². The molecule has 0 bridgehead atoms. The highest BCUT2D eigenvalue weighted by Crippen LogP contribution is 1.54. The van der Waals surface area contributed by atoms with Crippen LogP contribution < -0.4 is 0 Å². The fourth-order valence-electron chi connectivity index (χ4n) is 0.0833. The first-order valence-electron chi connectivity index (χ1n) is 1.42. The zero-order valence-electron chi connectivity index (χ0n) is 3.27. The van der Waals surface area contributed by atoms with E-state index in [1.807, 2.05) is 6.11 Å². The highest BCUT2D eigenvalue weighted by atomic mass is 28.2. The average Bonchev–Trinajstić information content (AvgIpc) is 1.61. The van der Waals surface area contributed by atoms with Crippen LogP contribution in [0.15, 0.2) is 0 Å². The Morgan fingerprint density at radius 1 is 1.50 bits per heavy atom. The Kier molecular flexibility index (Phi) is 3.54. The molecule has 0 aromatic carbocycles. The molecule has 0 aromatic rings. The quantitative estimate of drug-likeness (QED) is 0.237. The van der Waals surface area contributed by atoms with Gasteiger partial charge in [-0.05, 0) is 0 Å². The fourth-order valence-corrected chi connectivity index (χ4v) is 0.250. The van der Waals surface area contributed by atoms with Crippen LogP contribution in [0.5, 0.6) is 0 Å². The van der Waals surface area contributed by atoms with E-state index < -0.39 is 9.76 Å². The van der Waals surface area contributed by atoms with Gasteiger partial charge in [-0.1, -0.05) is 12.0 Å². The highest BCUT2D eigenvalue weighted by molar-refractivity contribution is 6.38. The molecule has 30 valence electrons. The van der Waals surface area contributed by atoms with Crippen molar-refractivity contribution in [1.82, 2.24) is 0 Å². The molecule has 0 N–H and O–H groups in total. The molecule has 0 rings (SSSR count). The van der Waals surface area contributed by atoms with Gasteiger partial charge in [-0.25, -0.2) is 0 Å². The molecular formula is C4H4OSi. The Labute approximate surface area is 39.6 Å². The maximum Gasteiger partial charge on any atom is 0.311 e. The smallest absolute Gasteiger partial charge is 0.311 e. The van der Waals surface area contributed by atoms with Gasteiger partial charge in [-0.15, -0.1) is 6.42 Å². The van der Waals surface area contributed by atoms with E-state index in [1.165, 1.54) is 0 Å². The van der Waals surface area contributed by atoms with Crippen LogP contribution in [0, 0.1) is 24.5 Å². The fraction of sp³-hybridized carbons (Fsp3) is 0. The summed E-state index contributed by atoms with van der Waals surface area (Å²) in [6, 6.07) is 0. The van der Waals surface area contributed by atoms with Gasteiger partial charge in [0.1, 0.15) is 0 Å². The monoisotopic (exact) mass is 96.0 g/mol. The molecule has 0 saturated carbocycles. The van der Waals surface area contributed by atoms with E-state index in [0.29, 0.717) is 0 Å². The first-order chi connectivity index (χ1) is 2.91. The van der Waals surface area contributed by atoms with Crippen molar-refractivity contribution in [2.45, 2.75) is 0 Å². The van der Waals surface area contributed by atoms with Crippen molar-refractivity contribution in [3.8, 4) is 24.5 Å². The van der Waals surface area contributed by atoms with Gasteiger partial charge in [0.15, 0.2) is 0 Å². The second-order valence-electron chi connectivity index (χ2n) is 0.611.